The molecule has 0 aliphatic heterocycles. The Bertz CT molecular complexity index is 637. The smallest absolute Gasteiger partial charge is 0.275 e. The molecule has 0 aromatic carbocycles. The van der Waals surface area contributed by atoms with Gasteiger partial charge in [-0.2, -0.15) is 0 Å². The van der Waals surface area contributed by atoms with Gasteiger partial charge in [0.1, 0.15) is 15.9 Å². The van der Waals surface area contributed by atoms with Crippen molar-refractivity contribution in [2.75, 3.05) is 11.9 Å². The highest BCUT2D eigenvalue weighted by atomic mass is 35.5. The summed E-state index contributed by atoms with van der Waals surface area (Å²) in [5.41, 5.74) is 0.0000617. The summed E-state index contributed by atoms with van der Waals surface area (Å²) in [4.78, 5) is 19.0. The minimum Gasteiger partial charge on any atom is -0.370 e. The first-order valence-corrected chi connectivity index (χ1v) is 7.47. The molecule has 2 heterocycles. The Hall–Kier alpha value is -1.86. The van der Waals surface area contributed by atoms with Gasteiger partial charge in [-0.15, -0.1) is 0 Å². The molecule has 0 amide bonds. The Kier molecular flexibility index (Phi) is 5.35. The van der Waals surface area contributed by atoms with Crippen molar-refractivity contribution in [2.45, 2.75) is 23.4 Å². The third-order valence-corrected chi connectivity index (χ3v) is 3.56. The molecule has 6 nitrogen and oxygen atoms in total. The first kappa shape index (κ1) is 15.5. The van der Waals surface area contributed by atoms with Crippen molar-refractivity contribution < 1.29 is 4.92 Å². The predicted octanol–water partition coefficient (Wildman–Crippen LogP) is 4.01. The van der Waals surface area contributed by atoms with E-state index in [0.29, 0.717) is 27.4 Å². The highest BCUT2D eigenvalue weighted by Gasteiger charge is 2.12. The highest BCUT2D eigenvalue weighted by molar-refractivity contribution is 7.99. The first-order valence-electron chi connectivity index (χ1n) is 6.28. The number of nitrogens with one attached hydrogen (secondary N) is 1. The third-order valence-electron chi connectivity index (χ3n) is 2.46. The number of halogens is 1. The third kappa shape index (κ3) is 4.57. The van der Waals surface area contributed by atoms with Crippen molar-refractivity contribution in [2.24, 2.45) is 0 Å². The van der Waals surface area contributed by atoms with Crippen LogP contribution >= 0.6 is 23.4 Å². The van der Waals surface area contributed by atoms with Crippen LogP contribution in [0.25, 0.3) is 0 Å². The fourth-order valence-electron chi connectivity index (χ4n) is 1.52. The summed E-state index contributed by atoms with van der Waals surface area (Å²) in [6.45, 7) is 2.72. The van der Waals surface area contributed by atoms with Crippen molar-refractivity contribution in [1.29, 1.82) is 0 Å². The molecule has 2 aromatic heterocycles. The molecular weight excluding hydrogens is 312 g/mol. The Balaban J connectivity index is 2.26. The standard InChI is InChI=1S/C13H13ClN4O2S/c1-2-5-15-11-6-10(18(19)20)7-13(17-11)21-12-4-3-9(14)8-16-12/h3-4,6-8H,2,5H2,1H3,(H,15,17). The van der Waals surface area contributed by atoms with E-state index in [0.717, 1.165) is 6.42 Å². The maximum absolute atomic E-state index is 11.0. The second kappa shape index (κ2) is 7.24. The molecule has 0 unspecified atom stereocenters. The summed E-state index contributed by atoms with van der Waals surface area (Å²) in [5.74, 6) is 0.488. The van der Waals surface area contributed by atoms with E-state index in [9.17, 15) is 10.1 Å². The molecule has 0 atom stereocenters. The second-order valence-electron chi connectivity index (χ2n) is 4.15. The molecule has 21 heavy (non-hydrogen) atoms. The largest absolute Gasteiger partial charge is 0.370 e. The molecule has 2 rings (SSSR count). The molecule has 2 aromatic rings. The first-order chi connectivity index (χ1) is 10.1. The Morgan fingerprint density at radius 2 is 2.19 bits per heavy atom. The van der Waals surface area contributed by atoms with Gasteiger partial charge in [0.25, 0.3) is 5.69 Å². The van der Waals surface area contributed by atoms with Gasteiger partial charge < -0.3 is 5.32 Å². The fraction of sp³-hybridized carbons (Fsp3) is 0.231. The lowest BCUT2D eigenvalue weighted by Gasteiger charge is -2.06. The Morgan fingerprint density at radius 1 is 1.38 bits per heavy atom. The van der Waals surface area contributed by atoms with E-state index in [4.69, 9.17) is 11.6 Å². The van der Waals surface area contributed by atoms with Gasteiger partial charge in [0.15, 0.2) is 0 Å². The number of nitrogens with zero attached hydrogens (tertiary/aromatic N) is 3. The maximum Gasteiger partial charge on any atom is 0.275 e. The van der Waals surface area contributed by atoms with E-state index >= 15 is 0 Å². The van der Waals surface area contributed by atoms with Crippen LogP contribution in [0.3, 0.4) is 0 Å². The van der Waals surface area contributed by atoms with Gasteiger partial charge in [-0.05, 0) is 30.3 Å². The minimum absolute atomic E-state index is 0.0000617. The lowest BCUT2D eigenvalue weighted by molar-refractivity contribution is -0.385. The van der Waals surface area contributed by atoms with Gasteiger partial charge in [-0.1, -0.05) is 18.5 Å². The molecule has 0 spiro atoms. The van der Waals surface area contributed by atoms with Crippen molar-refractivity contribution in [1.82, 2.24) is 9.97 Å². The fourth-order valence-corrected chi connectivity index (χ4v) is 2.41. The zero-order valence-electron chi connectivity index (χ0n) is 11.2. The average molecular weight is 325 g/mol. The molecule has 0 aliphatic carbocycles. The lowest BCUT2D eigenvalue weighted by Crippen LogP contribution is -2.03. The normalized spacial score (nSPS) is 10.4. The van der Waals surface area contributed by atoms with Crippen molar-refractivity contribution in [3.8, 4) is 0 Å². The van der Waals surface area contributed by atoms with Gasteiger partial charge in [0.05, 0.1) is 16.0 Å². The van der Waals surface area contributed by atoms with Crippen LogP contribution in [0.5, 0.6) is 0 Å². The van der Waals surface area contributed by atoms with E-state index in [1.54, 1.807) is 12.1 Å². The zero-order chi connectivity index (χ0) is 15.2. The molecule has 0 saturated heterocycles. The van der Waals surface area contributed by atoms with Crippen LogP contribution in [0.4, 0.5) is 11.5 Å². The topological polar surface area (TPSA) is 81.0 Å². The van der Waals surface area contributed by atoms with Gasteiger partial charge in [-0.3, -0.25) is 10.1 Å². The molecule has 0 aliphatic rings. The number of hydrogen-bond donors (Lipinski definition) is 1. The second-order valence-corrected chi connectivity index (χ2v) is 5.63. The summed E-state index contributed by atoms with van der Waals surface area (Å²) in [5, 5.41) is 15.8. The lowest BCUT2D eigenvalue weighted by atomic mass is 10.4. The van der Waals surface area contributed by atoms with Gasteiger partial charge in [0, 0.05) is 18.8 Å². The Morgan fingerprint density at radius 3 is 2.81 bits per heavy atom. The van der Waals surface area contributed by atoms with Crippen LogP contribution in [-0.4, -0.2) is 21.4 Å². The number of anilines is 1. The van der Waals surface area contributed by atoms with Crippen LogP contribution in [0.2, 0.25) is 5.02 Å². The molecule has 0 bridgehead atoms. The summed E-state index contributed by atoms with van der Waals surface area (Å²) in [6.07, 6.45) is 2.43. The number of nitro groups is 1. The predicted molar refractivity (Wildman–Crippen MR) is 83.0 cm³/mol. The van der Waals surface area contributed by atoms with Crippen LogP contribution < -0.4 is 5.32 Å². The molecule has 0 saturated carbocycles. The van der Waals surface area contributed by atoms with E-state index in [2.05, 4.69) is 15.3 Å². The van der Waals surface area contributed by atoms with E-state index in [1.807, 2.05) is 6.92 Å². The molecule has 0 fully saturated rings. The zero-order valence-corrected chi connectivity index (χ0v) is 12.8. The van der Waals surface area contributed by atoms with Crippen LogP contribution in [0.1, 0.15) is 13.3 Å². The van der Waals surface area contributed by atoms with E-state index in [1.165, 1.54) is 30.1 Å². The average Bonchev–Trinajstić information content (AvgIpc) is 2.47. The van der Waals surface area contributed by atoms with Gasteiger partial charge in [0.2, 0.25) is 0 Å². The van der Waals surface area contributed by atoms with Crippen LogP contribution in [-0.2, 0) is 0 Å². The molecule has 0 radical (unpaired) electrons. The van der Waals surface area contributed by atoms with Crippen LogP contribution in [0, 0.1) is 10.1 Å². The molecule has 110 valence electrons. The summed E-state index contributed by atoms with van der Waals surface area (Å²) >= 11 is 7.03. The minimum atomic E-state index is -0.432. The van der Waals surface area contributed by atoms with Crippen molar-refractivity contribution >= 4 is 34.9 Å². The van der Waals surface area contributed by atoms with Crippen LogP contribution in [0.15, 0.2) is 40.5 Å². The highest BCUT2D eigenvalue weighted by Crippen LogP contribution is 2.29. The van der Waals surface area contributed by atoms with Crippen molar-refractivity contribution in [3.63, 3.8) is 0 Å². The summed E-state index contributed by atoms with van der Waals surface area (Å²) in [7, 11) is 0. The number of aromatic nitrogens is 2. The number of pyridine rings is 2. The number of rotatable bonds is 6. The van der Waals surface area contributed by atoms with Gasteiger partial charge in [-0.25, -0.2) is 9.97 Å². The monoisotopic (exact) mass is 324 g/mol. The van der Waals surface area contributed by atoms with E-state index in [-0.39, 0.29) is 5.69 Å². The van der Waals surface area contributed by atoms with Crippen molar-refractivity contribution in [3.05, 3.63) is 45.6 Å². The summed E-state index contributed by atoms with van der Waals surface area (Å²) in [6, 6.07) is 6.31. The Labute approximate surface area is 131 Å². The molecule has 1 N–H and O–H groups in total. The van der Waals surface area contributed by atoms with Gasteiger partial charge >= 0.3 is 0 Å². The molecular formula is C13H13ClN4O2S. The number of hydrogen-bond acceptors (Lipinski definition) is 6. The SMILES string of the molecule is CCCNc1cc([N+](=O)[O-])cc(Sc2ccc(Cl)cn2)n1. The molecule has 8 heteroatoms. The quantitative estimate of drug-likeness (QED) is 0.638. The summed E-state index contributed by atoms with van der Waals surface area (Å²) < 4.78 is 0. The maximum atomic E-state index is 11.0. The van der Waals surface area contributed by atoms with E-state index < -0.39 is 4.92 Å².